The molecule has 132 valence electrons. The zero-order valence-corrected chi connectivity index (χ0v) is 14.3. The van der Waals surface area contributed by atoms with Crippen LogP contribution in [0.2, 0.25) is 0 Å². The van der Waals surface area contributed by atoms with Crippen LogP contribution in [0.1, 0.15) is 6.92 Å². The lowest BCUT2D eigenvalue weighted by atomic mass is 10.2. The van der Waals surface area contributed by atoms with E-state index in [1.807, 2.05) is 36.4 Å². The van der Waals surface area contributed by atoms with Crippen molar-refractivity contribution in [1.29, 1.82) is 0 Å². The maximum Gasteiger partial charge on any atom is 0.411 e. The van der Waals surface area contributed by atoms with E-state index in [0.29, 0.717) is 12.4 Å². The molecule has 0 aliphatic carbocycles. The number of hydrogen-bond acceptors (Lipinski definition) is 5. The molecule has 0 bridgehead atoms. The minimum absolute atomic E-state index is 0.291. The fraction of sp³-hybridized carbons (Fsp3) is 0.316. The molecule has 2 aromatic carbocycles. The van der Waals surface area contributed by atoms with Crippen molar-refractivity contribution in [2.45, 2.75) is 6.92 Å². The summed E-state index contributed by atoms with van der Waals surface area (Å²) in [5.74, 6) is 0.291. The van der Waals surface area contributed by atoms with Gasteiger partial charge in [-0.25, -0.2) is 4.79 Å². The first-order valence-electron chi connectivity index (χ1n) is 8.48. The van der Waals surface area contributed by atoms with E-state index >= 15 is 0 Å². The van der Waals surface area contributed by atoms with E-state index < -0.39 is 6.09 Å². The summed E-state index contributed by atoms with van der Waals surface area (Å²) in [5, 5.41) is 12.1. The number of phenolic OH excluding ortho intramolecular Hbond substituents is 1. The number of amides is 1. The molecule has 6 nitrogen and oxygen atoms in total. The second-order valence-corrected chi connectivity index (χ2v) is 5.88. The lowest BCUT2D eigenvalue weighted by Crippen LogP contribution is -2.46. The third-order valence-electron chi connectivity index (χ3n) is 4.25. The highest BCUT2D eigenvalue weighted by atomic mass is 16.5. The molecule has 0 spiro atoms. The Bertz CT molecular complexity index is 693. The number of hydrogen-bond donors (Lipinski definition) is 2. The number of anilines is 3. The second-order valence-electron chi connectivity index (χ2n) is 5.88. The van der Waals surface area contributed by atoms with Gasteiger partial charge in [0.1, 0.15) is 5.75 Å². The Kier molecular flexibility index (Phi) is 5.28. The van der Waals surface area contributed by atoms with Crippen molar-refractivity contribution in [2.75, 3.05) is 47.9 Å². The van der Waals surface area contributed by atoms with Crippen molar-refractivity contribution in [3.05, 3.63) is 48.5 Å². The summed E-state index contributed by atoms with van der Waals surface area (Å²) in [6.07, 6.45) is -0.433. The van der Waals surface area contributed by atoms with Gasteiger partial charge in [-0.05, 0) is 55.5 Å². The Balaban J connectivity index is 1.55. The average molecular weight is 341 g/mol. The lowest BCUT2D eigenvalue weighted by Gasteiger charge is -2.37. The summed E-state index contributed by atoms with van der Waals surface area (Å²) in [4.78, 5) is 16.1. The van der Waals surface area contributed by atoms with Gasteiger partial charge in [-0.2, -0.15) is 0 Å². The van der Waals surface area contributed by atoms with Crippen LogP contribution in [-0.4, -0.2) is 44.0 Å². The SMILES string of the molecule is CCOC(=O)Nc1ccc(N2CCN(c3ccc(O)cc3)CC2)cc1. The van der Waals surface area contributed by atoms with Crippen LogP contribution in [0.15, 0.2) is 48.5 Å². The number of ether oxygens (including phenoxy) is 1. The van der Waals surface area contributed by atoms with Gasteiger partial charge in [0.25, 0.3) is 0 Å². The molecule has 2 aromatic rings. The third kappa shape index (κ3) is 4.35. The van der Waals surface area contributed by atoms with E-state index in [-0.39, 0.29) is 0 Å². The number of rotatable bonds is 4. The zero-order chi connectivity index (χ0) is 17.6. The van der Waals surface area contributed by atoms with E-state index in [0.717, 1.165) is 43.2 Å². The fourth-order valence-electron chi connectivity index (χ4n) is 2.93. The largest absolute Gasteiger partial charge is 0.508 e. The van der Waals surface area contributed by atoms with E-state index in [9.17, 15) is 9.90 Å². The number of phenols is 1. The van der Waals surface area contributed by atoms with Gasteiger partial charge in [0.05, 0.1) is 6.61 Å². The Morgan fingerprint density at radius 3 is 1.92 bits per heavy atom. The maximum atomic E-state index is 11.4. The van der Waals surface area contributed by atoms with Crippen LogP contribution in [0.4, 0.5) is 21.9 Å². The van der Waals surface area contributed by atoms with Crippen molar-refractivity contribution in [2.24, 2.45) is 0 Å². The smallest absolute Gasteiger partial charge is 0.411 e. The first-order chi connectivity index (χ1) is 12.2. The van der Waals surface area contributed by atoms with Gasteiger partial charge >= 0.3 is 6.09 Å². The molecule has 2 N–H and O–H groups in total. The summed E-state index contributed by atoms with van der Waals surface area (Å²) in [6, 6.07) is 15.1. The molecule has 1 aliphatic rings. The Morgan fingerprint density at radius 1 is 0.960 bits per heavy atom. The number of piperazine rings is 1. The van der Waals surface area contributed by atoms with Crippen molar-refractivity contribution < 1.29 is 14.6 Å². The molecule has 1 saturated heterocycles. The molecule has 1 amide bonds. The Labute approximate surface area is 147 Å². The second kappa shape index (κ2) is 7.79. The quantitative estimate of drug-likeness (QED) is 0.893. The Morgan fingerprint density at radius 2 is 1.44 bits per heavy atom. The molecular weight excluding hydrogens is 318 g/mol. The van der Waals surface area contributed by atoms with E-state index in [1.54, 1.807) is 19.1 Å². The normalized spacial score (nSPS) is 14.3. The summed E-state index contributed by atoms with van der Waals surface area (Å²) in [5.41, 5.74) is 3.00. The monoisotopic (exact) mass is 341 g/mol. The van der Waals surface area contributed by atoms with Crippen molar-refractivity contribution in [3.63, 3.8) is 0 Å². The lowest BCUT2D eigenvalue weighted by molar-refractivity contribution is 0.168. The van der Waals surface area contributed by atoms with Crippen molar-refractivity contribution >= 4 is 23.2 Å². The van der Waals surface area contributed by atoms with Gasteiger partial charge in [-0.1, -0.05) is 0 Å². The van der Waals surface area contributed by atoms with Crippen LogP contribution in [-0.2, 0) is 4.74 Å². The molecule has 6 heteroatoms. The van der Waals surface area contributed by atoms with Crippen LogP contribution in [0.5, 0.6) is 5.75 Å². The first-order valence-corrected chi connectivity index (χ1v) is 8.48. The molecule has 0 radical (unpaired) electrons. The predicted molar refractivity (Wildman–Crippen MR) is 99.6 cm³/mol. The molecule has 25 heavy (non-hydrogen) atoms. The van der Waals surface area contributed by atoms with Gasteiger partial charge in [-0.3, -0.25) is 5.32 Å². The number of aromatic hydroxyl groups is 1. The number of carbonyl (C=O) groups is 1. The molecule has 0 aromatic heterocycles. The molecule has 3 rings (SSSR count). The highest BCUT2D eigenvalue weighted by Gasteiger charge is 2.17. The highest BCUT2D eigenvalue weighted by Crippen LogP contribution is 2.23. The van der Waals surface area contributed by atoms with E-state index in [1.165, 1.54) is 0 Å². The molecule has 1 heterocycles. The first kappa shape index (κ1) is 17.0. The van der Waals surface area contributed by atoms with Crippen LogP contribution in [0.3, 0.4) is 0 Å². The molecule has 1 aliphatic heterocycles. The van der Waals surface area contributed by atoms with Gasteiger partial charge in [-0.15, -0.1) is 0 Å². The van der Waals surface area contributed by atoms with Gasteiger partial charge < -0.3 is 19.6 Å². The van der Waals surface area contributed by atoms with Crippen molar-refractivity contribution in [3.8, 4) is 5.75 Å². The van der Waals surface area contributed by atoms with E-state index in [2.05, 4.69) is 15.1 Å². The predicted octanol–water partition coefficient (Wildman–Crippen LogP) is 3.29. The summed E-state index contributed by atoms with van der Waals surface area (Å²) < 4.78 is 4.87. The summed E-state index contributed by atoms with van der Waals surface area (Å²) >= 11 is 0. The molecule has 0 atom stereocenters. The third-order valence-corrected chi connectivity index (χ3v) is 4.25. The standard InChI is InChI=1S/C19H23N3O3/c1-2-25-19(24)20-15-3-5-16(6-4-15)21-11-13-22(14-12-21)17-7-9-18(23)10-8-17/h3-10,23H,2,11-14H2,1H3,(H,20,24). The van der Waals surface area contributed by atoms with Crippen LogP contribution in [0, 0.1) is 0 Å². The summed E-state index contributed by atoms with van der Waals surface area (Å²) in [6.45, 7) is 5.83. The Hall–Kier alpha value is -2.89. The maximum absolute atomic E-state index is 11.4. The van der Waals surface area contributed by atoms with Gasteiger partial charge in [0, 0.05) is 43.2 Å². The number of carbonyl (C=O) groups excluding carboxylic acids is 1. The van der Waals surface area contributed by atoms with Crippen LogP contribution in [0.25, 0.3) is 0 Å². The number of nitrogens with one attached hydrogen (secondary N) is 1. The number of benzene rings is 2. The topological polar surface area (TPSA) is 65.0 Å². The molecule has 0 saturated carbocycles. The van der Waals surface area contributed by atoms with E-state index in [4.69, 9.17) is 4.74 Å². The fourth-order valence-corrected chi connectivity index (χ4v) is 2.93. The van der Waals surface area contributed by atoms with Gasteiger partial charge in [0.2, 0.25) is 0 Å². The number of nitrogens with zero attached hydrogens (tertiary/aromatic N) is 2. The average Bonchev–Trinajstić information content (AvgIpc) is 2.63. The minimum Gasteiger partial charge on any atom is -0.508 e. The molecule has 0 unspecified atom stereocenters. The van der Waals surface area contributed by atoms with Crippen LogP contribution < -0.4 is 15.1 Å². The highest BCUT2D eigenvalue weighted by molar-refractivity contribution is 5.84. The molecular formula is C19H23N3O3. The summed E-state index contributed by atoms with van der Waals surface area (Å²) in [7, 11) is 0. The van der Waals surface area contributed by atoms with Crippen molar-refractivity contribution in [1.82, 2.24) is 0 Å². The zero-order valence-electron chi connectivity index (χ0n) is 14.3. The molecule has 1 fully saturated rings. The van der Waals surface area contributed by atoms with Crippen LogP contribution >= 0.6 is 0 Å². The van der Waals surface area contributed by atoms with Gasteiger partial charge in [0.15, 0.2) is 0 Å². The minimum atomic E-state index is -0.433.